The van der Waals surface area contributed by atoms with E-state index in [1.54, 1.807) is 0 Å². The van der Waals surface area contributed by atoms with Crippen LogP contribution in [0.3, 0.4) is 0 Å². The fourth-order valence-corrected chi connectivity index (χ4v) is 2.33. The summed E-state index contributed by atoms with van der Waals surface area (Å²) in [6.07, 6.45) is 1.03. The van der Waals surface area contributed by atoms with Gasteiger partial charge in [0.25, 0.3) is 0 Å². The zero-order valence-electron chi connectivity index (χ0n) is 12.9. The third kappa shape index (κ3) is 3.32. The van der Waals surface area contributed by atoms with Crippen LogP contribution in [0.2, 0.25) is 0 Å². The van der Waals surface area contributed by atoms with E-state index >= 15 is 0 Å². The number of aryl methyl sites for hydroxylation is 3. The van der Waals surface area contributed by atoms with Gasteiger partial charge in [0.1, 0.15) is 0 Å². The predicted octanol–water partition coefficient (Wildman–Crippen LogP) is 3.87. The minimum Gasteiger partial charge on any atom is -0.397 e. The van der Waals surface area contributed by atoms with Gasteiger partial charge in [-0.3, -0.25) is 0 Å². The van der Waals surface area contributed by atoms with Crippen molar-refractivity contribution in [3.63, 3.8) is 0 Å². The van der Waals surface area contributed by atoms with Crippen LogP contribution in [0.1, 0.15) is 22.3 Å². The number of hydrogen-bond acceptors (Lipinski definition) is 2. The van der Waals surface area contributed by atoms with Crippen molar-refractivity contribution in [2.45, 2.75) is 27.2 Å². The molecular formula is C18H24N2. The summed E-state index contributed by atoms with van der Waals surface area (Å²) in [5, 5.41) is 0. The van der Waals surface area contributed by atoms with Crippen molar-refractivity contribution in [1.29, 1.82) is 0 Å². The van der Waals surface area contributed by atoms with Crippen molar-refractivity contribution < 1.29 is 0 Å². The van der Waals surface area contributed by atoms with Crippen LogP contribution in [-0.4, -0.2) is 13.6 Å². The SMILES string of the molecule is Cc1ccc(CCN(C)c2cc(C)c(C)cc2N)cc1. The first-order valence-corrected chi connectivity index (χ1v) is 7.11. The number of nitrogen functional groups attached to an aromatic ring is 1. The first-order valence-electron chi connectivity index (χ1n) is 7.11. The van der Waals surface area contributed by atoms with E-state index in [2.05, 4.69) is 69.1 Å². The van der Waals surface area contributed by atoms with Gasteiger partial charge in [-0.25, -0.2) is 0 Å². The highest BCUT2D eigenvalue weighted by molar-refractivity contribution is 5.69. The lowest BCUT2D eigenvalue weighted by molar-refractivity contribution is 0.876. The maximum absolute atomic E-state index is 6.14. The summed E-state index contributed by atoms with van der Waals surface area (Å²) in [5.74, 6) is 0. The van der Waals surface area contributed by atoms with Crippen LogP contribution >= 0.6 is 0 Å². The Bertz CT molecular complexity index is 585. The quantitative estimate of drug-likeness (QED) is 0.853. The monoisotopic (exact) mass is 268 g/mol. The van der Waals surface area contributed by atoms with Gasteiger partial charge >= 0.3 is 0 Å². The molecule has 0 amide bonds. The Balaban J connectivity index is 2.06. The average Bonchev–Trinajstić information content (AvgIpc) is 2.42. The fourth-order valence-electron chi connectivity index (χ4n) is 2.33. The lowest BCUT2D eigenvalue weighted by Crippen LogP contribution is -2.21. The molecule has 0 saturated carbocycles. The van der Waals surface area contributed by atoms with Gasteiger partial charge in [0.15, 0.2) is 0 Å². The summed E-state index contributed by atoms with van der Waals surface area (Å²) in [6.45, 7) is 7.31. The number of nitrogens with zero attached hydrogens (tertiary/aromatic N) is 1. The molecular weight excluding hydrogens is 244 g/mol. The van der Waals surface area contributed by atoms with Gasteiger partial charge < -0.3 is 10.6 Å². The Kier molecular flexibility index (Phi) is 4.33. The van der Waals surface area contributed by atoms with Gasteiger partial charge in [-0.15, -0.1) is 0 Å². The third-order valence-electron chi connectivity index (χ3n) is 3.91. The van der Waals surface area contributed by atoms with Crippen LogP contribution < -0.4 is 10.6 Å². The van der Waals surface area contributed by atoms with Crippen LogP contribution in [0.4, 0.5) is 11.4 Å². The van der Waals surface area contributed by atoms with Gasteiger partial charge in [0.05, 0.1) is 11.4 Å². The number of hydrogen-bond donors (Lipinski definition) is 1. The maximum Gasteiger partial charge on any atom is 0.0600 e. The third-order valence-corrected chi connectivity index (χ3v) is 3.91. The largest absolute Gasteiger partial charge is 0.397 e. The average molecular weight is 268 g/mol. The molecule has 0 aliphatic heterocycles. The van der Waals surface area contributed by atoms with Crippen molar-refractivity contribution >= 4 is 11.4 Å². The lowest BCUT2D eigenvalue weighted by atomic mass is 10.1. The molecule has 2 rings (SSSR count). The molecule has 0 atom stereocenters. The van der Waals surface area contributed by atoms with Gasteiger partial charge in [-0.05, 0) is 56.0 Å². The summed E-state index contributed by atoms with van der Waals surface area (Å²) >= 11 is 0. The first-order chi connectivity index (χ1) is 9.47. The maximum atomic E-state index is 6.14. The highest BCUT2D eigenvalue weighted by atomic mass is 15.1. The van der Waals surface area contributed by atoms with Crippen molar-refractivity contribution in [2.24, 2.45) is 0 Å². The zero-order chi connectivity index (χ0) is 14.7. The van der Waals surface area contributed by atoms with Gasteiger partial charge in [-0.1, -0.05) is 29.8 Å². The highest BCUT2D eigenvalue weighted by Crippen LogP contribution is 2.26. The number of anilines is 2. The molecule has 0 radical (unpaired) electrons. The predicted molar refractivity (Wildman–Crippen MR) is 88.5 cm³/mol. The van der Waals surface area contributed by atoms with Crippen molar-refractivity contribution in [1.82, 2.24) is 0 Å². The minimum absolute atomic E-state index is 0.861. The van der Waals surface area contributed by atoms with E-state index in [1.807, 2.05) is 0 Å². The molecule has 0 spiro atoms. The molecule has 2 aromatic carbocycles. The van der Waals surface area contributed by atoms with E-state index in [0.717, 1.165) is 24.3 Å². The van der Waals surface area contributed by atoms with Crippen molar-refractivity contribution in [3.05, 3.63) is 58.7 Å². The zero-order valence-corrected chi connectivity index (χ0v) is 12.9. The Hall–Kier alpha value is -1.96. The molecule has 2 aromatic rings. The standard InChI is InChI=1S/C18H24N2/c1-13-5-7-16(8-6-13)9-10-20(4)18-12-15(3)14(2)11-17(18)19/h5-8,11-12H,9-10,19H2,1-4H3. The lowest BCUT2D eigenvalue weighted by Gasteiger charge is -2.22. The summed E-state index contributed by atoms with van der Waals surface area (Å²) in [7, 11) is 2.11. The van der Waals surface area contributed by atoms with Gasteiger partial charge in [0.2, 0.25) is 0 Å². The molecule has 20 heavy (non-hydrogen) atoms. The first kappa shape index (κ1) is 14.4. The molecule has 0 saturated heterocycles. The van der Waals surface area contributed by atoms with Crippen molar-refractivity contribution in [3.8, 4) is 0 Å². The molecule has 106 valence electrons. The van der Waals surface area contributed by atoms with Crippen molar-refractivity contribution in [2.75, 3.05) is 24.2 Å². The molecule has 0 aliphatic carbocycles. The molecule has 0 aliphatic rings. The van der Waals surface area contributed by atoms with Crippen LogP contribution in [0.25, 0.3) is 0 Å². The summed E-state index contributed by atoms with van der Waals surface area (Å²) in [6, 6.07) is 13.0. The molecule has 2 nitrogen and oxygen atoms in total. The van der Waals surface area contributed by atoms with E-state index in [1.165, 1.54) is 22.3 Å². The smallest absolute Gasteiger partial charge is 0.0600 e. The minimum atomic E-state index is 0.861. The van der Waals surface area contributed by atoms with Gasteiger partial charge in [0, 0.05) is 13.6 Å². The molecule has 0 aromatic heterocycles. The number of benzene rings is 2. The Morgan fingerprint density at radius 3 is 2.20 bits per heavy atom. The summed E-state index contributed by atoms with van der Waals surface area (Å²) < 4.78 is 0. The number of likely N-dealkylation sites (N-methyl/N-ethyl adjacent to an activating group) is 1. The molecule has 0 fully saturated rings. The molecule has 0 heterocycles. The Morgan fingerprint density at radius 2 is 1.55 bits per heavy atom. The fraction of sp³-hybridized carbons (Fsp3) is 0.333. The molecule has 0 bridgehead atoms. The summed E-state index contributed by atoms with van der Waals surface area (Å²) in [4.78, 5) is 2.24. The van der Waals surface area contributed by atoms with E-state index in [0.29, 0.717) is 0 Å². The van der Waals surface area contributed by atoms with Crippen LogP contribution in [0.15, 0.2) is 36.4 Å². The van der Waals surface area contributed by atoms with E-state index in [9.17, 15) is 0 Å². The molecule has 0 unspecified atom stereocenters. The molecule has 2 heteroatoms. The van der Waals surface area contributed by atoms with Crippen LogP contribution in [0, 0.1) is 20.8 Å². The Morgan fingerprint density at radius 1 is 0.950 bits per heavy atom. The second kappa shape index (κ2) is 6.00. The summed E-state index contributed by atoms with van der Waals surface area (Å²) in [5.41, 5.74) is 13.3. The number of nitrogens with two attached hydrogens (primary N) is 1. The van der Waals surface area contributed by atoms with E-state index in [4.69, 9.17) is 5.73 Å². The second-order valence-electron chi connectivity index (χ2n) is 5.65. The van der Waals surface area contributed by atoms with E-state index < -0.39 is 0 Å². The van der Waals surface area contributed by atoms with Gasteiger partial charge in [-0.2, -0.15) is 0 Å². The second-order valence-corrected chi connectivity index (χ2v) is 5.65. The molecule has 2 N–H and O–H groups in total. The van der Waals surface area contributed by atoms with E-state index in [-0.39, 0.29) is 0 Å². The number of rotatable bonds is 4. The normalized spacial score (nSPS) is 10.6. The Labute approximate surface area is 122 Å². The topological polar surface area (TPSA) is 29.3 Å². The highest BCUT2D eigenvalue weighted by Gasteiger charge is 2.07. The van der Waals surface area contributed by atoms with Crippen LogP contribution in [0.5, 0.6) is 0 Å². The van der Waals surface area contributed by atoms with Crippen LogP contribution in [-0.2, 0) is 6.42 Å².